The van der Waals surface area contributed by atoms with Gasteiger partial charge in [-0.2, -0.15) is 0 Å². The van der Waals surface area contributed by atoms with Gasteiger partial charge in [-0.25, -0.2) is 0 Å². The molecule has 6 fully saturated rings. The average molecular weight is 663 g/mol. The molecule has 0 saturated heterocycles. The third kappa shape index (κ3) is 3.82. The predicted molar refractivity (Wildman–Crippen MR) is 184 cm³/mol. The summed E-state index contributed by atoms with van der Waals surface area (Å²) in [4.78, 5) is 15.5. The van der Waals surface area contributed by atoms with E-state index in [9.17, 15) is 25.5 Å². The summed E-state index contributed by atoms with van der Waals surface area (Å²) in [6, 6.07) is 0. The van der Waals surface area contributed by atoms with Crippen LogP contribution in [0.5, 0.6) is 0 Å². The highest BCUT2D eigenvalue weighted by atomic mass is 16.3. The average Bonchev–Trinajstić information content (AvgIpc) is 3.15. The van der Waals surface area contributed by atoms with Crippen molar-refractivity contribution in [1.29, 1.82) is 0 Å². The number of allylic oxidation sites excluding steroid dienone is 2. The molecule has 6 saturated carbocycles. The zero-order valence-electron chi connectivity index (χ0n) is 29.9. The van der Waals surface area contributed by atoms with Crippen molar-refractivity contribution < 1.29 is 30.3 Å². The van der Waals surface area contributed by atoms with Crippen LogP contribution in [0.2, 0.25) is 0 Å². The fraction of sp³-hybridized carbons (Fsp3) is 0.881. The van der Waals surface area contributed by atoms with Gasteiger partial charge in [0.15, 0.2) is 5.78 Å². The normalized spacial score (nSPS) is 53.8. The van der Waals surface area contributed by atoms with Crippen LogP contribution >= 0.6 is 0 Å². The maximum Gasteiger partial charge on any atom is 0.159 e. The smallest absolute Gasteiger partial charge is 0.159 e. The maximum atomic E-state index is 15.5. The SMILES string of the molecule is CCCCCCC12CCC(O)C(C)(C(O)CO)C1CCC1(C)C2C(=O)C=C2C13CCC1CCC45CCC#CC(O)C(CC4)(C(O)C3)C21C5. The molecule has 0 radical (unpaired) electrons. The maximum absolute atomic E-state index is 15.5. The van der Waals surface area contributed by atoms with Gasteiger partial charge in [0.2, 0.25) is 0 Å². The summed E-state index contributed by atoms with van der Waals surface area (Å²) >= 11 is 0. The van der Waals surface area contributed by atoms with Crippen molar-refractivity contribution >= 4 is 5.78 Å². The molecule has 0 aromatic carbocycles. The molecular formula is C42H62O6. The molecule has 8 aliphatic carbocycles. The number of rotatable bonds is 7. The van der Waals surface area contributed by atoms with Crippen molar-refractivity contribution in [2.45, 2.75) is 167 Å². The second-order valence-electron chi connectivity index (χ2n) is 19.1. The molecular weight excluding hydrogens is 600 g/mol. The molecule has 0 aliphatic heterocycles. The van der Waals surface area contributed by atoms with Crippen LogP contribution in [0.4, 0.5) is 0 Å². The van der Waals surface area contributed by atoms with Gasteiger partial charge < -0.3 is 25.5 Å². The first kappa shape index (κ1) is 33.9. The van der Waals surface area contributed by atoms with Crippen LogP contribution in [0, 0.1) is 67.5 Å². The van der Waals surface area contributed by atoms with Crippen molar-refractivity contribution in [2.75, 3.05) is 6.61 Å². The van der Waals surface area contributed by atoms with Crippen molar-refractivity contribution in [3.63, 3.8) is 0 Å². The Morgan fingerprint density at radius 2 is 1.71 bits per heavy atom. The fourth-order valence-corrected chi connectivity index (χ4v) is 16.0. The van der Waals surface area contributed by atoms with Gasteiger partial charge in [0.25, 0.3) is 0 Å². The number of hydrogen-bond acceptors (Lipinski definition) is 6. The lowest BCUT2D eigenvalue weighted by atomic mass is 9.24. The minimum Gasteiger partial charge on any atom is -0.394 e. The van der Waals surface area contributed by atoms with E-state index in [2.05, 4.69) is 31.8 Å². The molecule has 3 spiro atoms. The Morgan fingerprint density at radius 1 is 0.917 bits per heavy atom. The summed E-state index contributed by atoms with van der Waals surface area (Å²) in [6.07, 6.45) is 16.4. The van der Waals surface area contributed by atoms with E-state index in [-0.39, 0.29) is 33.9 Å². The van der Waals surface area contributed by atoms with Crippen LogP contribution in [-0.2, 0) is 4.79 Å². The van der Waals surface area contributed by atoms with E-state index in [1.54, 1.807) is 0 Å². The largest absolute Gasteiger partial charge is 0.394 e. The number of fused-ring (bicyclic) bond motifs is 4. The first-order valence-electron chi connectivity index (χ1n) is 20.0. The lowest BCUT2D eigenvalue weighted by molar-refractivity contribution is -0.288. The number of ketones is 1. The Labute approximate surface area is 288 Å². The van der Waals surface area contributed by atoms with Gasteiger partial charge in [0.05, 0.1) is 24.9 Å². The number of aliphatic hydroxyl groups excluding tert-OH is 5. The van der Waals surface area contributed by atoms with E-state index in [0.29, 0.717) is 18.8 Å². The van der Waals surface area contributed by atoms with Gasteiger partial charge in [-0.3, -0.25) is 4.79 Å². The van der Waals surface area contributed by atoms with Crippen LogP contribution < -0.4 is 0 Å². The zero-order chi connectivity index (χ0) is 34.0. The van der Waals surface area contributed by atoms with Gasteiger partial charge in [0, 0.05) is 34.0 Å². The molecule has 6 heteroatoms. The summed E-state index contributed by atoms with van der Waals surface area (Å²) in [5.74, 6) is 6.83. The molecule has 4 bridgehead atoms. The Bertz CT molecular complexity index is 1420. The summed E-state index contributed by atoms with van der Waals surface area (Å²) < 4.78 is 0. The van der Waals surface area contributed by atoms with Crippen molar-refractivity contribution in [3.8, 4) is 11.8 Å². The highest BCUT2D eigenvalue weighted by Crippen LogP contribution is 2.85. The Morgan fingerprint density at radius 3 is 2.48 bits per heavy atom. The first-order chi connectivity index (χ1) is 22.9. The number of carbonyl (C=O) groups excluding carboxylic acids is 1. The molecule has 0 amide bonds. The third-order valence-electron chi connectivity index (χ3n) is 18.1. The molecule has 6 nitrogen and oxygen atoms in total. The minimum absolute atomic E-state index is 0.0868. The van der Waals surface area contributed by atoms with Gasteiger partial charge in [-0.1, -0.05) is 57.9 Å². The van der Waals surface area contributed by atoms with Gasteiger partial charge >= 0.3 is 0 Å². The van der Waals surface area contributed by atoms with Crippen molar-refractivity contribution in [2.24, 2.45) is 55.7 Å². The van der Waals surface area contributed by atoms with Crippen LogP contribution in [0.1, 0.15) is 143 Å². The van der Waals surface area contributed by atoms with E-state index >= 15 is 4.79 Å². The molecule has 0 heterocycles. The Balaban J connectivity index is 1.33. The van der Waals surface area contributed by atoms with Crippen LogP contribution in [0.3, 0.4) is 0 Å². The number of aliphatic hydroxyl groups is 5. The monoisotopic (exact) mass is 662 g/mol. The molecule has 14 atom stereocenters. The second-order valence-corrected chi connectivity index (χ2v) is 19.1. The van der Waals surface area contributed by atoms with Crippen molar-refractivity contribution in [3.05, 3.63) is 11.6 Å². The molecule has 266 valence electrons. The zero-order valence-corrected chi connectivity index (χ0v) is 29.9. The Hall–Kier alpha value is -1.23. The molecule has 8 aliphatic rings. The van der Waals surface area contributed by atoms with Gasteiger partial charge in [-0.05, 0) is 124 Å². The van der Waals surface area contributed by atoms with Crippen LogP contribution in [0.25, 0.3) is 0 Å². The topological polar surface area (TPSA) is 118 Å². The van der Waals surface area contributed by atoms with E-state index in [1.807, 2.05) is 6.92 Å². The van der Waals surface area contributed by atoms with E-state index in [1.165, 1.54) is 12.0 Å². The third-order valence-corrected chi connectivity index (χ3v) is 18.1. The quantitative estimate of drug-likeness (QED) is 0.162. The number of unbranched alkanes of at least 4 members (excludes halogenated alkanes) is 3. The standard InChI is InChI=1S/C42H62O6/c1-4-5-6-8-16-39-19-14-31(45)37(3,34(48)25-43)29(39)13-17-36(2)35(39)28(44)23-30-40(36)20-12-27-11-18-38-15-9-7-10-32(46)41(22-21-38,33(47)24-40)42(27,30)26-38/h23,27,29,31-35,43,45-48H,4-6,8-9,11-22,24-26H2,1-3H3. The van der Waals surface area contributed by atoms with Crippen molar-refractivity contribution in [1.82, 2.24) is 0 Å². The lowest BCUT2D eigenvalue weighted by Gasteiger charge is -2.79. The van der Waals surface area contributed by atoms with E-state index in [0.717, 1.165) is 103 Å². The fourth-order valence-electron chi connectivity index (χ4n) is 16.0. The molecule has 0 aromatic heterocycles. The summed E-state index contributed by atoms with van der Waals surface area (Å²) in [5, 5.41) is 58.3. The Kier molecular flexibility index (Phi) is 7.86. The lowest BCUT2D eigenvalue weighted by Crippen LogP contribution is -2.77. The van der Waals surface area contributed by atoms with Gasteiger partial charge in [0.1, 0.15) is 6.10 Å². The molecule has 48 heavy (non-hydrogen) atoms. The minimum atomic E-state index is -1.05. The first-order valence-corrected chi connectivity index (χ1v) is 20.0. The van der Waals surface area contributed by atoms with Crippen LogP contribution in [-0.4, -0.2) is 62.3 Å². The molecule has 5 N–H and O–H groups in total. The number of hydrogen-bond donors (Lipinski definition) is 5. The van der Waals surface area contributed by atoms with E-state index in [4.69, 9.17) is 0 Å². The predicted octanol–water partition coefficient (Wildman–Crippen LogP) is 6.26. The summed E-state index contributed by atoms with van der Waals surface area (Å²) in [5.41, 5.74) is -1.74. The number of carbonyl (C=O) groups is 1. The molecule has 8 rings (SSSR count). The van der Waals surface area contributed by atoms with Crippen LogP contribution in [0.15, 0.2) is 11.6 Å². The molecule has 0 aromatic rings. The van der Waals surface area contributed by atoms with Gasteiger partial charge in [-0.15, -0.1) is 5.92 Å². The van der Waals surface area contributed by atoms with E-state index < -0.39 is 52.7 Å². The summed E-state index contributed by atoms with van der Waals surface area (Å²) in [7, 11) is 0. The highest BCUT2D eigenvalue weighted by molar-refractivity contribution is 5.96. The second kappa shape index (κ2) is 11.1. The molecule has 14 unspecified atom stereocenters. The summed E-state index contributed by atoms with van der Waals surface area (Å²) in [6.45, 7) is 6.21. The highest BCUT2D eigenvalue weighted by Gasteiger charge is 2.81.